The molecule has 1 heteroatoms. The molecular formula is C14H27P. The summed E-state index contributed by atoms with van der Waals surface area (Å²) in [5, 5.41) is 0.627. The van der Waals surface area contributed by atoms with Gasteiger partial charge in [0.15, 0.2) is 0 Å². The van der Waals surface area contributed by atoms with Gasteiger partial charge in [0, 0.05) is 0 Å². The Morgan fingerprint density at radius 1 is 0.933 bits per heavy atom. The zero-order valence-corrected chi connectivity index (χ0v) is 11.5. The molecule has 0 spiro atoms. The average molecular weight is 226 g/mol. The van der Waals surface area contributed by atoms with E-state index in [4.69, 9.17) is 0 Å². The fourth-order valence-electron chi connectivity index (χ4n) is 4.10. The zero-order valence-electron chi connectivity index (χ0n) is 10.3. The van der Waals surface area contributed by atoms with Crippen molar-refractivity contribution in [1.82, 2.24) is 0 Å². The van der Waals surface area contributed by atoms with Gasteiger partial charge in [0.1, 0.15) is 0 Å². The normalized spacial score (nSPS) is 25.2. The first-order chi connectivity index (χ1) is 7.27. The van der Waals surface area contributed by atoms with Crippen molar-refractivity contribution in [3.05, 3.63) is 0 Å². The maximum Gasteiger partial charge on any atom is -0.00939 e. The number of rotatable bonds is 4. The number of hydrogen-bond acceptors (Lipinski definition) is 0. The average Bonchev–Trinajstić information content (AvgIpc) is 2.92. The summed E-state index contributed by atoms with van der Waals surface area (Å²) in [5.41, 5.74) is 0. The molecule has 2 fully saturated rings. The molecule has 0 nitrogen and oxygen atoms in total. The number of hydrogen-bond donors (Lipinski definition) is 0. The Bertz CT molecular complexity index is 172. The topological polar surface area (TPSA) is 0 Å². The summed E-state index contributed by atoms with van der Waals surface area (Å²) in [4.78, 5) is 0. The van der Waals surface area contributed by atoms with Crippen LogP contribution in [0.3, 0.4) is 0 Å². The second-order valence-corrected chi connectivity index (χ2v) is 6.90. The lowest BCUT2D eigenvalue weighted by Crippen LogP contribution is -2.37. The minimum absolute atomic E-state index is 0.627. The van der Waals surface area contributed by atoms with Crippen molar-refractivity contribution in [3.8, 4) is 0 Å². The highest BCUT2D eigenvalue weighted by atomic mass is 31.0. The van der Waals surface area contributed by atoms with E-state index in [0.29, 0.717) is 5.16 Å². The molecule has 0 aromatic heterocycles. The minimum atomic E-state index is 0.627. The lowest BCUT2D eigenvalue weighted by molar-refractivity contribution is 0.254. The van der Waals surface area contributed by atoms with Gasteiger partial charge in [0.2, 0.25) is 0 Å². The van der Waals surface area contributed by atoms with Crippen LogP contribution in [-0.2, 0) is 0 Å². The van der Waals surface area contributed by atoms with Gasteiger partial charge >= 0.3 is 0 Å². The molecule has 1 atom stereocenters. The zero-order chi connectivity index (χ0) is 10.7. The van der Waals surface area contributed by atoms with Crippen LogP contribution in [0.4, 0.5) is 0 Å². The SMILES string of the molecule is CCCC(P)(C1CCCC1)C1CCCC1. The van der Waals surface area contributed by atoms with E-state index in [1.807, 2.05) is 0 Å². The third-order valence-corrected chi connectivity index (χ3v) is 6.14. The Morgan fingerprint density at radius 3 is 1.67 bits per heavy atom. The summed E-state index contributed by atoms with van der Waals surface area (Å²) in [6.45, 7) is 2.36. The predicted octanol–water partition coefficient (Wildman–Crippen LogP) is 4.78. The second kappa shape index (κ2) is 5.17. The maximum atomic E-state index is 3.33. The van der Waals surface area contributed by atoms with Crippen molar-refractivity contribution in [3.63, 3.8) is 0 Å². The molecule has 88 valence electrons. The molecule has 2 aliphatic carbocycles. The lowest BCUT2D eigenvalue weighted by atomic mass is 9.76. The summed E-state index contributed by atoms with van der Waals surface area (Å²) in [6, 6.07) is 0. The van der Waals surface area contributed by atoms with Crippen LogP contribution >= 0.6 is 9.24 Å². The van der Waals surface area contributed by atoms with E-state index < -0.39 is 0 Å². The van der Waals surface area contributed by atoms with Gasteiger partial charge in [0.05, 0.1) is 0 Å². The van der Waals surface area contributed by atoms with E-state index in [9.17, 15) is 0 Å². The standard InChI is InChI=1S/C14H27P/c1-2-11-14(15,12-7-3-4-8-12)13-9-5-6-10-13/h12-13H,2-11,15H2,1H3. The van der Waals surface area contributed by atoms with Crippen molar-refractivity contribution in [2.75, 3.05) is 0 Å². The van der Waals surface area contributed by atoms with E-state index >= 15 is 0 Å². The summed E-state index contributed by atoms with van der Waals surface area (Å²) < 4.78 is 0. The molecule has 0 radical (unpaired) electrons. The van der Waals surface area contributed by atoms with Gasteiger partial charge in [-0.15, -0.1) is 9.24 Å². The van der Waals surface area contributed by atoms with Crippen molar-refractivity contribution in [2.45, 2.75) is 76.3 Å². The van der Waals surface area contributed by atoms with Crippen LogP contribution in [0.1, 0.15) is 71.1 Å². The van der Waals surface area contributed by atoms with Crippen molar-refractivity contribution < 1.29 is 0 Å². The largest absolute Gasteiger partial charge is 0.131 e. The van der Waals surface area contributed by atoms with Gasteiger partial charge in [-0.3, -0.25) is 0 Å². The minimum Gasteiger partial charge on any atom is -0.131 e. The van der Waals surface area contributed by atoms with Crippen LogP contribution < -0.4 is 0 Å². The fraction of sp³-hybridized carbons (Fsp3) is 1.00. The molecule has 0 aromatic carbocycles. The van der Waals surface area contributed by atoms with Gasteiger partial charge in [-0.05, 0) is 49.1 Å². The first-order valence-electron chi connectivity index (χ1n) is 7.06. The molecular weight excluding hydrogens is 199 g/mol. The molecule has 0 heterocycles. The smallest absolute Gasteiger partial charge is 0.00939 e. The van der Waals surface area contributed by atoms with Crippen LogP contribution in [0.25, 0.3) is 0 Å². The van der Waals surface area contributed by atoms with Crippen molar-refractivity contribution in [1.29, 1.82) is 0 Å². The van der Waals surface area contributed by atoms with E-state index in [1.165, 1.54) is 64.2 Å². The third kappa shape index (κ3) is 2.41. The van der Waals surface area contributed by atoms with E-state index in [2.05, 4.69) is 16.2 Å². The molecule has 0 aromatic rings. The summed E-state index contributed by atoms with van der Waals surface area (Å²) in [5.74, 6) is 2.07. The highest BCUT2D eigenvalue weighted by molar-refractivity contribution is 7.19. The highest BCUT2D eigenvalue weighted by Crippen LogP contribution is 2.52. The molecule has 2 saturated carbocycles. The Kier molecular flexibility index (Phi) is 4.10. The first kappa shape index (κ1) is 11.9. The van der Waals surface area contributed by atoms with Crippen LogP contribution in [0.15, 0.2) is 0 Å². The lowest BCUT2D eigenvalue weighted by Gasteiger charge is -2.41. The molecule has 2 rings (SSSR count). The molecule has 0 bridgehead atoms. The van der Waals surface area contributed by atoms with Crippen LogP contribution in [0.5, 0.6) is 0 Å². The van der Waals surface area contributed by atoms with Gasteiger partial charge in [-0.25, -0.2) is 0 Å². The summed E-state index contributed by atoms with van der Waals surface area (Å²) in [6.07, 6.45) is 14.9. The van der Waals surface area contributed by atoms with E-state index in [-0.39, 0.29) is 0 Å². The van der Waals surface area contributed by atoms with Gasteiger partial charge in [0.25, 0.3) is 0 Å². The van der Waals surface area contributed by atoms with Crippen molar-refractivity contribution >= 4 is 9.24 Å². The Hall–Kier alpha value is 0.430. The summed E-state index contributed by atoms with van der Waals surface area (Å²) in [7, 11) is 3.33. The maximum absolute atomic E-state index is 3.33. The molecule has 0 saturated heterocycles. The Labute approximate surface area is 97.8 Å². The molecule has 15 heavy (non-hydrogen) atoms. The monoisotopic (exact) mass is 226 g/mol. The predicted molar refractivity (Wildman–Crippen MR) is 71.3 cm³/mol. The van der Waals surface area contributed by atoms with Crippen LogP contribution in [0.2, 0.25) is 0 Å². The summed E-state index contributed by atoms with van der Waals surface area (Å²) >= 11 is 0. The van der Waals surface area contributed by atoms with E-state index in [1.54, 1.807) is 0 Å². The Morgan fingerprint density at radius 2 is 1.33 bits per heavy atom. The van der Waals surface area contributed by atoms with Crippen molar-refractivity contribution in [2.24, 2.45) is 11.8 Å². The molecule has 2 aliphatic rings. The third-order valence-electron chi connectivity index (χ3n) is 4.91. The first-order valence-corrected chi connectivity index (χ1v) is 7.64. The highest BCUT2D eigenvalue weighted by Gasteiger charge is 2.42. The molecule has 0 aliphatic heterocycles. The van der Waals surface area contributed by atoms with Crippen LogP contribution in [0, 0.1) is 11.8 Å². The van der Waals surface area contributed by atoms with Gasteiger partial charge in [-0.1, -0.05) is 39.0 Å². The van der Waals surface area contributed by atoms with Gasteiger partial charge < -0.3 is 0 Å². The van der Waals surface area contributed by atoms with E-state index in [0.717, 1.165) is 11.8 Å². The van der Waals surface area contributed by atoms with Gasteiger partial charge in [-0.2, -0.15) is 0 Å². The Balaban J connectivity index is 2.06. The van der Waals surface area contributed by atoms with Crippen LogP contribution in [-0.4, -0.2) is 5.16 Å². The molecule has 1 unspecified atom stereocenters. The second-order valence-electron chi connectivity index (χ2n) is 5.83. The molecule has 0 amide bonds. The fourth-order valence-corrected chi connectivity index (χ4v) is 5.06. The quantitative estimate of drug-likeness (QED) is 0.605. The molecule has 0 N–H and O–H groups in total.